The van der Waals surface area contributed by atoms with Crippen molar-refractivity contribution in [2.75, 3.05) is 31.9 Å². The molecule has 3 heterocycles. The summed E-state index contributed by atoms with van der Waals surface area (Å²) in [6, 6.07) is 8.92. The molecular formula is C26H27FN6O4. The van der Waals surface area contributed by atoms with Crippen LogP contribution in [0.2, 0.25) is 0 Å². The number of pyridine rings is 2. The molecule has 192 valence electrons. The molecule has 10 nitrogen and oxygen atoms in total. The van der Waals surface area contributed by atoms with E-state index in [1.165, 1.54) is 18.3 Å². The molecule has 1 aliphatic rings. The van der Waals surface area contributed by atoms with E-state index in [1.807, 2.05) is 0 Å². The lowest BCUT2D eigenvalue weighted by molar-refractivity contribution is -0.109. The largest absolute Gasteiger partial charge is 0.382 e. The maximum absolute atomic E-state index is 13.7. The average molecular weight is 507 g/mol. The van der Waals surface area contributed by atoms with Gasteiger partial charge in [0.05, 0.1) is 17.3 Å². The number of halogens is 1. The molecule has 1 saturated heterocycles. The summed E-state index contributed by atoms with van der Waals surface area (Å²) in [7, 11) is 0. The minimum absolute atomic E-state index is 0.148. The van der Waals surface area contributed by atoms with Crippen LogP contribution in [-0.2, 0) is 9.59 Å². The molecule has 37 heavy (non-hydrogen) atoms. The molecule has 1 fully saturated rings. The second-order valence-electron chi connectivity index (χ2n) is 8.77. The van der Waals surface area contributed by atoms with Crippen LogP contribution in [0.3, 0.4) is 0 Å². The molecule has 0 aliphatic carbocycles. The van der Waals surface area contributed by atoms with E-state index < -0.39 is 0 Å². The fourth-order valence-electron chi connectivity index (χ4n) is 4.19. The summed E-state index contributed by atoms with van der Waals surface area (Å²) in [6.07, 6.45) is 4.00. The molecule has 1 aliphatic heterocycles. The van der Waals surface area contributed by atoms with Crippen LogP contribution in [0.4, 0.5) is 15.0 Å². The Kier molecular flexibility index (Phi) is 8.02. The first-order valence-corrected chi connectivity index (χ1v) is 11.9. The Hall–Kier alpha value is -4.41. The third kappa shape index (κ3) is 5.88. The Bertz CT molecular complexity index is 1330. The maximum atomic E-state index is 13.7. The van der Waals surface area contributed by atoms with Crippen molar-refractivity contribution in [2.24, 2.45) is 0 Å². The van der Waals surface area contributed by atoms with Crippen LogP contribution < -0.4 is 11.1 Å². The summed E-state index contributed by atoms with van der Waals surface area (Å²) < 4.78 is 13.7. The highest BCUT2D eigenvalue weighted by atomic mass is 19.1. The number of nitrogens with two attached hydrogens (primary N) is 1. The van der Waals surface area contributed by atoms with Gasteiger partial charge in [-0.05, 0) is 30.7 Å². The molecule has 0 saturated carbocycles. The van der Waals surface area contributed by atoms with Gasteiger partial charge in [0.2, 0.25) is 0 Å². The smallest absolute Gasteiger partial charge is 0.320 e. The van der Waals surface area contributed by atoms with Crippen molar-refractivity contribution in [3.63, 3.8) is 0 Å². The van der Waals surface area contributed by atoms with Crippen LogP contribution >= 0.6 is 0 Å². The van der Waals surface area contributed by atoms with E-state index in [2.05, 4.69) is 15.3 Å². The predicted octanol–water partition coefficient (Wildman–Crippen LogP) is 2.42. The molecule has 11 heteroatoms. The molecule has 0 unspecified atom stereocenters. The number of nitrogen functional groups attached to an aromatic ring is 1. The lowest BCUT2D eigenvalue weighted by Crippen LogP contribution is -2.63. The highest BCUT2D eigenvalue weighted by molar-refractivity contribution is 6.08. The number of nitrogens with one attached hydrogen (secondary N) is 1. The highest BCUT2D eigenvalue weighted by Crippen LogP contribution is 2.26. The van der Waals surface area contributed by atoms with E-state index in [0.29, 0.717) is 54.6 Å². The molecule has 0 radical (unpaired) electrons. The van der Waals surface area contributed by atoms with Gasteiger partial charge < -0.3 is 30.4 Å². The first-order chi connectivity index (χ1) is 17.9. The van der Waals surface area contributed by atoms with Crippen LogP contribution in [0.15, 0.2) is 42.6 Å². The number of likely N-dealkylation sites (tertiary alicyclic amines) is 1. The molecule has 4 rings (SSSR count). The maximum Gasteiger partial charge on any atom is 0.320 e. The first-order valence-electron chi connectivity index (χ1n) is 11.9. The van der Waals surface area contributed by atoms with Crippen molar-refractivity contribution >= 4 is 41.2 Å². The molecule has 0 spiro atoms. The number of benzene rings is 1. The van der Waals surface area contributed by atoms with Crippen molar-refractivity contribution in [3.8, 4) is 11.3 Å². The first kappa shape index (κ1) is 25.7. The molecular weight excluding hydrogens is 479 g/mol. The zero-order valence-corrected chi connectivity index (χ0v) is 20.1. The number of fused-ring (bicyclic) bond motifs is 1. The lowest BCUT2D eigenvalue weighted by Gasteiger charge is -2.42. The van der Waals surface area contributed by atoms with E-state index in [1.54, 1.807) is 34.1 Å². The monoisotopic (exact) mass is 506 g/mol. The lowest BCUT2D eigenvalue weighted by atomic mass is 10.1. The van der Waals surface area contributed by atoms with Crippen LogP contribution in [0.1, 0.15) is 29.6 Å². The number of rotatable bonds is 10. The van der Waals surface area contributed by atoms with Crippen LogP contribution in [0.25, 0.3) is 22.2 Å². The Labute approximate surface area is 212 Å². The highest BCUT2D eigenvalue weighted by Gasteiger charge is 2.34. The fourth-order valence-corrected chi connectivity index (χ4v) is 4.19. The van der Waals surface area contributed by atoms with Crippen LogP contribution in [0, 0.1) is 5.82 Å². The Balaban J connectivity index is 1.43. The molecule has 1 aromatic carbocycles. The Morgan fingerprint density at radius 1 is 1.14 bits per heavy atom. The summed E-state index contributed by atoms with van der Waals surface area (Å²) in [5, 5.41) is 3.41. The number of amides is 3. The van der Waals surface area contributed by atoms with Gasteiger partial charge in [0.25, 0.3) is 5.91 Å². The molecule has 3 N–H and O–H groups in total. The number of aromatic nitrogens is 2. The topological polar surface area (TPSA) is 139 Å². The van der Waals surface area contributed by atoms with Gasteiger partial charge >= 0.3 is 6.03 Å². The van der Waals surface area contributed by atoms with Crippen molar-refractivity contribution in [2.45, 2.75) is 25.3 Å². The van der Waals surface area contributed by atoms with Crippen molar-refractivity contribution in [1.29, 1.82) is 0 Å². The molecule has 0 atom stereocenters. The van der Waals surface area contributed by atoms with E-state index in [9.17, 15) is 23.6 Å². The van der Waals surface area contributed by atoms with Crippen molar-refractivity contribution in [3.05, 3.63) is 54.0 Å². The Morgan fingerprint density at radius 3 is 2.65 bits per heavy atom. The van der Waals surface area contributed by atoms with Gasteiger partial charge in [-0.15, -0.1) is 0 Å². The zero-order valence-electron chi connectivity index (χ0n) is 20.1. The minimum Gasteiger partial charge on any atom is -0.382 e. The number of carbonyl (C=O) groups is 4. The predicted molar refractivity (Wildman–Crippen MR) is 135 cm³/mol. The standard InChI is InChI=1S/C26H27FN6O4/c27-18-6-3-5-17(13-18)22-8-7-20-21(14-29-24(28)23(20)31-22)25(36)30-19-15-33(16-19)26(37)32(10-4-12-35)9-1-2-11-34/h3,5-8,11-14,19H,1-2,4,9-10,15-16H2,(H2,28,29)(H,30,36). The van der Waals surface area contributed by atoms with Gasteiger partial charge in [0.15, 0.2) is 0 Å². The number of nitrogens with zero attached hydrogens (tertiary/aromatic N) is 4. The summed E-state index contributed by atoms with van der Waals surface area (Å²) in [6.45, 7) is 1.30. The number of anilines is 1. The number of urea groups is 1. The number of aldehydes is 2. The van der Waals surface area contributed by atoms with Crippen molar-refractivity contribution < 1.29 is 23.6 Å². The van der Waals surface area contributed by atoms with Crippen LogP contribution in [0.5, 0.6) is 0 Å². The van der Waals surface area contributed by atoms with Crippen molar-refractivity contribution in [1.82, 2.24) is 25.1 Å². The minimum atomic E-state index is -0.389. The number of hydrogen-bond acceptors (Lipinski definition) is 7. The van der Waals surface area contributed by atoms with Gasteiger partial charge in [-0.1, -0.05) is 12.1 Å². The second-order valence-corrected chi connectivity index (χ2v) is 8.77. The number of hydrogen-bond donors (Lipinski definition) is 2. The van der Waals surface area contributed by atoms with E-state index in [0.717, 1.165) is 12.6 Å². The van der Waals surface area contributed by atoms with Gasteiger partial charge in [-0.3, -0.25) is 4.79 Å². The van der Waals surface area contributed by atoms with E-state index >= 15 is 0 Å². The Morgan fingerprint density at radius 2 is 1.92 bits per heavy atom. The zero-order chi connectivity index (χ0) is 26.4. The average Bonchev–Trinajstić information content (AvgIpc) is 2.87. The third-order valence-corrected chi connectivity index (χ3v) is 6.15. The fraction of sp³-hybridized carbons (Fsp3) is 0.308. The number of unbranched alkanes of at least 4 members (excludes halogenated alkanes) is 1. The van der Waals surface area contributed by atoms with E-state index in [4.69, 9.17) is 5.73 Å². The quantitative estimate of drug-likeness (QED) is 0.318. The third-order valence-electron chi connectivity index (χ3n) is 6.15. The van der Waals surface area contributed by atoms with Gasteiger partial charge in [0, 0.05) is 56.2 Å². The molecule has 0 bridgehead atoms. The molecule has 3 amide bonds. The van der Waals surface area contributed by atoms with Gasteiger partial charge in [0.1, 0.15) is 29.7 Å². The van der Waals surface area contributed by atoms with Gasteiger partial charge in [-0.2, -0.15) is 0 Å². The summed E-state index contributed by atoms with van der Waals surface area (Å²) in [4.78, 5) is 58.9. The van der Waals surface area contributed by atoms with Gasteiger partial charge in [-0.25, -0.2) is 19.2 Å². The normalized spacial score (nSPS) is 13.2. The molecule has 3 aromatic rings. The SMILES string of the molecule is Nc1ncc(C(=O)NC2CN(C(=O)N(CCC=O)CCCC=O)C2)c2ccc(-c3cccc(F)c3)nc12. The summed E-state index contributed by atoms with van der Waals surface area (Å²) in [5.41, 5.74) is 7.72. The summed E-state index contributed by atoms with van der Waals surface area (Å²) >= 11 is 0. The molecule has 2 aromatic heterocycles. The second kappa shape index (κ2) is 11.5. The van der Waals surface area contributed by atoms with E-state index in [-0.39, 0.29) is 48.1 Å². The van der Waals surface area contributed by atoms with Crippen LogP contribution in [-0.4, -0.2) is 76.5 Å². The summed E-state index contributed by atoms with van der Waals surface area (Å²) in [5.74, 6) is -0.617. The number of carbonyl (C=O) groups excluding carboxylic acids is 4.